The summed E-state index contributed by atoms with van der Waals surface area (Å²) in [4.78, 5) is 0. The van der Waals surface area contributed by atoms with E-state index in [1.165, 1.54) is 32.1 Å². The van der Waals surface area contributed by atoms with Gasteiger partial charge in [0.25, 0.3) is 0 Å². The third kappa shape index (κ3) is 6.48. The van der Waals surface area contributed by atoms with Crippen molar-refractivity contribution in [3.63, 3.8) is 0 Å². The molecule has 1 fully saturated rings. The molecule has 0 aromatic carbocycles. The lowest BCUT2D eigenvalue weighted by Gasteiger charge is -2.37. The molecule has 0 amide bonds. The molecule has 0 aliphatic heterocycles. The predicted octanol–water partition coefficient (Wildman–Crippen LogP) is 4.64. The molecule has 1 heteroatoms. The summed E-state index contributed by atoms with van der Waals surface area (Å²) >= 11 is 0. The SMILES string of the molecule is CC1CC(C)C(CCCCC#CCCCO)CC1C. The Kier molecular flexibility index (Phi) is 8.22. The summed E-state index contributed by atoms with van der Waals surface area (Å²) in [5, 5.41) is 8.65. The van der Waals surface area contributed by atoms with Crippen molar-refractivity contribution >= 4 is 0 Å². The van der Waals surface area contributed by atoms with Gasteiger partial charge in [-0.25, -0.2) is 0 Å². The van der Waals surface area contributed by atoms with Crippen LogP contribution in [0.3, 0.4) is 0 Å². The van der Waals surface area contributed by atoms with Crippen LogP contribution in [0, 0.1) is 35.5 Å². The van der Waals surface area contributed by atoms with Gasteiger partial charge >= 0.3 is 0 Å². The van der Waals surface area contributed by atoms with Crippen LogP contribution < -0.4 is 0 Å². The summed E-state index contributed by atoms with van der Waals surface area (Å²) in [5.74, 6) is 10.1. The van der Waals surface area contributed by atoms with Crippen molar-refractivity contribution in [1.29, 1.82) is 0 Å². The second kappa shape index (κ2) is 9.43. The number of aliphatic hydroxyl groups excluding tert-OH is 1. The van der Waals surface area contributed by atoms with E-state index in [0.717, 1.165) is 42.9 Å². The van der Waals surface area contributed by atoms with E-state index in [-0.39, 0.29) is 6.61 Å². The molecule has 1 rings (SSSR count). The van der Waals surface area contributed by atoms with Crippen molar-refractivity contribution in [2.45, 2.75) is 72.1 Å². The van der Waals surface area contributed by atoms with Gasteiger partial charge in [0.2, 0.25) is 0 Å². The largest absolute Gasteiger partial charge is 0.396 e. The second-order valence-electron chi connectivity index (χ2n) is 6.59. The summed E-state index contributed by atoms with van der Waals surface area (Å²) in [7, 11) is 0. The minimum absolute atomic E-state index is 0.269. The van der Waals surface area contributed by atoms with Crippen molar-refractivity contribution in [3.8, 4) is 11.8 Å². The second-order valence-corrected chi connectivity index (χ2v) is 6.59. The Morgan fingerprint density at radius 1 is 0.842 bits per heavy atom. The van der Waals surface area contributed by atoms with Gasteiger partial charge in [-0.1, -0.05) is 33.6 Å². The highest BCUT2D eigenvalue weighted by Crippen LogP contribution is 2.39. The maximum Gasteiger partial charge on any atom is 0.0440 e. The van der Waals surface area contributed by atoms with E-state index in [1.54, 1.807) is 0 Å². The molecule has 19 heavy (non-hydrogen) atoms. The summed E-state index contributed by atoms with van der Waals surface area (Å²) in [6.07, 6.45) is 9.56. The van der Waals surface area contributed by atoms with Gasteiger partial charge in [0.1, 0.15) is 0 Å². The zero-order valence-corrected chi connectivity index (χ0v) is 13.1. The quantitative estimate of drug-likeness (QED) is 0.547. The van der Waals surface area contributed by atoms with Gasteiger partial charge in [0.05, 0.1) is 0 Å². The fraction of sp³-hybridized carbons (Fsp3) is 0.889. The molecule has 1 N–H and O–H groups in total. The van der Waals surface area contributed by atoms with Crippen LogP contribution in [0.15, 0.2) is 0 Å². The van der Waals surface area contributed by atoms with Crippen molar-refractivity contribution < 1.29 is 5.11 Å². The molecule has 0 heterocycles. The minimum Gasteiger partial charge on any atom is -0.396 e. The Balaban J connectivity index is 2.10. The fourth-order valence-corrected chi connectivity index (χ4v) is 3.32. The van der Waals surface area contributed by atoms with Crippen LogP contribution in [-0.2, 0) is 0 Å². The van der Waals surface area contributed by atoms with Gasteiger partial charge in [0.15, 0.2) is 0 Å². The molecular weight excluding hydrogens is 232 g/mol. The van der Waals surface area contributed by atoms with E-state index in [2.05, 4.69) is 32.6 Å². The van der Waals surface area contributed by atoms with Gasteiger partial charge < -0.3 is 5.11 Å². The number of unbranched alkanes of at least 4 members (excludes halogenated alkanes) is 3. The lowest BCUT2D eigenvalue weighted by Crippen LogP contribution is -2.27. The Hall–Kier alpha value is -0.480. The van der Waals surface area contributed by atoms with Crippen molar-refractivity contribution in [1.82, 2.24) is 0 Å². The minimum atomic E-state index is 0.269. The van der Waals surface area contributed by atoms with E-state index in [4.69, 9.17) is 5.11 Å². The standard InChI is InChI=1S/C18H32O/c1-15-13-17(3)18(14-16(15)2)11-9-7-5-4-6-8-10-12-19/h15-19H,5,7-14H2,1-3H3. The first kappa shape index (κ1) is 16.6. The first-order valence-electron chi connectivity index (χ1n) is 8.21. The number of hydrogen-bond acceptors (Lipinski definition) is 1. The van der Waals surface area contributed by atoms with Crippen LogP contribution in [0.4, 0.5) is 0 Å². The molecule has 1 aliphatic rings. The Morgan fingerprint density at radius 3 is 2.16 bits per heavy atom. The summed E-state index contributed by atoms with van der Waals surface area (Å²) in [6, 6.07) is 0. The van der Waals surface area contributed by atoms with Crippen molar-refractivity contribution in [3.05, 3.63) is 0 Å². The average molecular weight is 264 g/mol. The number of aliphatic hydroxyl groups is 1. The van der Waals surface area contributed by atoms with E-state index in [1.807, 2.05) is 0 Å². The molecular formula is C18H32O. The Labute approximate surface area is 120 Å². The van der Waals surface area contributed by atoms with Crippen LogP contribution in [-0.4, -0.2) is 11.7 Å². The van der Waals surface area contributed by atoms with E-state index >= 15 is 0 Å². The zero-order chi connectivity index (χ0) is 14.1. The van der Waals surface area contributed by atoms with E-state index in [0.29, 0.717) is 0 Å². The molecule has 110 valence electrons. The molecule has 4 atom stereocenters. The van der Waals surface area contributed by atoms with E-state index < -0.39 is 0 Å². The first-order valence-corrected chi connectivity index (χ1v) is 8.21. The van der Waals surface area contributed by atoms with Crippen LogP contribution in [0.1, 0.15) is 72.1 Å². The smallest absolute Gasteiger partial charge is 0.0440 e. The molecule has 4 unspecified atom stereocenters. The number of hydrogen-bond donors (Lipinski definition) is 1. The summed E-state index contributed by atoms with van der Waals surface area (Å²) in [5.41, 5.74) is 0. The first-order chi connectivity index (χ1) is 9.15. The third-order valence-corrected chi connectivity index (χ3v) is 4.91. The molecule has 0 bridgehead atoms. The zero-order valence-electron chi connectivity index (χ0n) is 13.1. The molecule has 1 nitrogen and oxygen atoms in total. The topological polar surface area (TPSA) is 20.2 Å². The summed E-state index contributed by atoms with van der Waals surface area (Å²) in [6.45, 7) is 7.56. The van der Waals surface area contributed by atoms with Crippen molar-refractivity contribution in [2.75, 3.05) is 6.61 Å². The molecule has 1 saturated carbocycles. The highest BCUT2D eigenvalue weighted by Gasteiger charge is 2.29. The van der Waals surface area contributed by atoms with Crippen LogP contribution in [0.2, 0.25) is 0 Å². The Morgan fingerprint density at radius 2 is 1.47 bits per heavy atom. The molecule has 0 radical (unpaired) electrons. The van der Waals surface area contributed by atoms with E-state index in [9.17, 15) is 0 Å². The average Bonchev–Trinajstić information content (AvgIpc) is 2.38. The Bertz CT molecular complexity index is 286. The highest BCUT2D eigenvalue weighted by molar-refractivity contribution is 4.98. The van der Waals surface area contributed by atoms with Crippen LogP contribution in [0.25, 0.3) is 0 Å². The lowest BCUT2D eigenvalue weighted by atomic mass is 9.69. The maximum absolute atomic E-state index is 8.65. The third-order valence-electron chi connectivity index (χ3n) is 4.91. The monoisotopic (exact) mass is 264 g/mol. The lowest BCUT2D eigenvalue weighted by molar-refractivity contribution is 0.135. The highest BCUT2D eigenvalue weighted by atomic mass is 16.2. The molecule has 0 saturated heterocycles. The molecule has 0 aromatic heterocycles. The summed E-state index contributed by atoms with van der Waals surface area (Å²) < 4.78 is 0. The van der Waals surface area contributed by atoms with Crippen LogP contribution >= 0.6 is 0 Å². The van der Waals surface area contributed by atoms with Gasteiger partial charge in [-0.2, -0.15) is 0 Å². The van der Waals surface area contributed by atoms with Gasteiger partial charge in [-0.05, 0) is 49.4 Å². The van der Waals surface area contributed by atoms with Gasteiger partial charge in [0, 0.05) is 19.4 Å². The number of rotatable bonds is 6. The normalized spacial score (nSPS) is 30.7. The van der Waals surface area contributed by atoms with Crippen molar-refractivity contribution in [2.24, 2.45) is 23.7 Å². The maximum atomic E-state index is 8.65. The molecule has 1 aliphatic carbocycles. The molecule has 0 aromatic rings. The van der Waals surface area contributed by atoms with Gasteiger partial charge in [-0.3, -0.25) is 0 Å². The predicted molar refractivity (Wildman–Crippen MR) is 82.8 cm³/mol. The fourth-order valence-electron chi connectivity index (χ4n) is 3.32. The molecule has 0 spiro atoms. The van der Waals surface area contributed by atoms with Crippen LogP contribution in [0.5, 0.6) is 0 Å². The van der Waals surface area contributed by atoms with Gasteiger partial charge in [-0.15, -0.1) is 11.8 Å².